The number of rotatable bonds is 0. The first-order chi connectivity index (χ1) is 5.42. The molecule has 2 aliphatic carbocycles. The lowest BCUT2D eigenvalue weighted by molar-refractivity contribution is 0.534. The van der Waals surface area contributed by atoms with E-state index in [0.717, 1.165) is 5.25 Å². The third-order valence-corrected chi connectivity index (χ3v) is 4.81. The maximum absolute atomic E-state index is 2.37. The third kappa shape index (κ3) is 0.725. The van der Waals surface area contributed by atoms with E-state index in [1.807, 2.05) is 0 Å². The van der Waals surface area contributed by atoms with Crippen molar-refractivity contribution in [2.45, 2.75) is 35.7 Å². The zero-order valence-corrected chi connectivity index (χ0v) is 7.36. The normalized spacial score (nSPS) is 45.8. The van der Waals surface area contributed by atoms with Crippen molar-refractivity contribution in [3.63, 3.8) is 0 Å². The van der Waals surface area contributed by atoms with Gasteiger partial charge in [-0.3, -0.25) is 0 Å². The SMILES string of the molecule is C1=CC2SC23CCCCC3=C1. The lowest BCUT2D eigenvalue weighted by atomic mass is 9.80. The molecule has 58 valence electrons. The topological polar surface area (TPSA) is 0 Å². The molecular weight excluding hydrogens is 152 g/mol. The van der Waals surface area contributed by atoms with Gasteiger partial charge in [-0.2, -0.15) is 0 Å². The lowest BCUT2D eigenvalue weighted by Gasteiger charge is -2.25. The number of hydrogen-bond donors (Lipinski definition) is 0. The molecule has 0 bridgehead atoms. The van der Waals surface area contributed by atoms with Crippen LogP contribution < -0.4 is 0 Å². The van der Waals surface area contributed by atoms with Crippen LogP contribution in [0.15, 0.2) is 23.8 Å². The molecule has 0 aromatic carbocycles. The van der Waals surface area contributed by atoms with E-state index in [9.17, 15) is 0 Å². The number of hydrogen-bond acceptors (Lipinski definition) is 1. The van der Waals surface area contributed by atoms with E-state index >= 15 is 0 Å². The number of thioether (sulfide) groups is 1. The van der Waals surface area contributed by atoms with Crippen LogP contribution >= 0.6 is 11.8 Å². The van der Waals surface area contributed by atoms with Gasteiger partial charge in [0.25, 0.3) is 0 Å². The van der Waals surface area contributed by atoms with Gasteiger partial charge in [0, 0.05) is 5.25 Å². The molecule has 1 spiro atoms. The molecule has 1 aliphatic heterocycles. The standard InChI is InChI=1S/C10H12S/c1-2-7-10-8(4-1)5-3-6-9(10)11-10/h3,5-6,9H,1-2,4,7H2. The highest BCUT2D eigenvalue weighted by Crippen LogP contribution is 2.65. The summed E-state index contributed by atoms with van der Waals surface area (Å²) < 4.78 is 0.632. The van der Waals surface area contributed by atoms with Gasteiger partial charge in [-0.05, 0) is 19.3 Å². The average molecular weight is 164 g/mol. The molecule has 3 aliphatic rings. The molecule has 0 N–H and O–H groups in total. The van der Waals surface area contributed by atoms with Gasteiger partial charge in [0.2, 0.25) is 0 Å². The van der Waals surface area contributed by atoms with E-state index in [0.29, 0.717) is 4.75 Å². The summed E-state index contributed by atoms with van der Waals surface area (Å²) in [6.07, 6.45) is 12.7. The van der Waals surface area contributed by atoms with Crippen molar-refractivity contribution in [1.29, 1.82) is 0 Å². The quantitative estimate of drug-likeness (QED) is 0.496. The molecule has 0 aromatic rings. The van der Waals surface area contributed by atoms with Crippen molar-refractivity contribution in [2.75, 3.05) is 0 Å². The highest BCUT2D eigenvalue weighted by atomic mass is 32.2. The van der Waals surface area contributed by atoms with Crippen LogP contribution in [0.4, 0.5) is 0 Å². The Bertz CT molecular complexity index is 252. The monoisotopic (exact) mass is 164 g/mol. The summed E-state index contributed by atoms with van der Waals surface area (Å²) >= 11 is 2.18. The second-order valence-corrected chi connectivity index (χ2v) is 5.18. The highest BCUT2D eigenvalue weighted by Gasteiger charge is 2.57. The summed E-state index contributed by atoms with van der Waals surface area (Å²) in [4.78, 5) is 0. The Hall–Kier alpha value is -0.170. The van der Waals surface area contributed by atoms with Crippen LogP contribution in [-0.4, -0.2) is 10.00 Å². The van der Waals surface area contributed by atoms with Crippen molar-refractivity contribution in [3.8, 4) is 0 Å². The second-order valence-electron chi connectivity index (χ2n) is 3.71. The van der Waals surface area contributed by atoms with Gasteiger partial charge in [-0.25, -0.2) is 0 Å². The van der Waals surface area contributed by atoms with Crippen LogP contribution in [0.1, 0.15) is 25.7 Å². The molecule has 0 aromatic heterocycles. The largest absolute Gasteiger partial charge is 0.140 e. The summed E-state index contributed by atoms with van der Waals surface area (Å²) in [7, 11) is 0. The zero-order chi connectivity index (χ0) is 7.31. The first kappa shape index (κ1) is 6.36. The Balaban J connectivity index is 2.02. The minimum absolute atomic E-state index is 0.632. The molecule has 1 saturated heterocycles. The molecule has 0 radical (unpaired) electrons. The average Bonchev–Trinajstić information content (AvgIpc) is 2.75. The van der Waals surface area contributed by atoms with Gasteiger partial charge < -0.3 is 0 Å². The maximum atomic E-state index is 2.37. The van der Waals surface area contributed by atoms with E-state index in [-0.39, 0.29) is 0 Å². The Kier molecular flexibility index (Phi) is 1.13. The Labute approximate surface area is 71.8 Å². The van der Waals surface area contributed by atoms with Crippen molar-refractivity contribution in [2.24, 2.45) is 0 Å². The van der Waals surface area contributed by atoms with Crippen LogP contribution in [0.3, 0.4) is 0 Å². The predicted octanol–water partition coefficient (Wildman–Crippen LogP) is 2.91. The van der Waals surface area contributed by atoms with E-state index in [1.54, 1.807) is 5.57 Å². The Morgan fingerprint density at radius 3 is 3.36 bits per heavy atom. The molecular formula is C10H12S. The molecule has 3 rings (SSSR count). The zero-order valence-electron chi connectivity index (χ0n) is 6.55. The van der Waals surface area contributed by atoms with Gasteiger partial charge in [0.15, 0.2) is 0 Å². The van der Waals surface area contributed by atoms with Crippen molar-refractivity contribution in [1.82, 2.24) is 0 Å². The number of allylic oxidation sites excluding steroid dienone is 2. The lowest BCUT2D eigenvalue weighted by Crippen LogP contribution is -2.22. The van der Waals surface area contributed by atoms with Gasteiger partial charge >= 0.3 is 0 Å². The van der Waals surface area contributed by atoms with Crippen molar-refractivity contribution < 1.29 is 0 Å². The second kappa shape index (κ2) is 1.95. The molecule has 0 nitrogen and oxygen atoms in total. The summed E-state index contributed by atoms with van der Waals surface area (Å²) in [5.41, 5.74) is 1.74. The highest BCUT2D eigenvalue weighted by molar-refractivity contribution is 8.09. The smallest absolute Gasteiger partial charge is 0.0531 e. The fraction of sp³-hybridized carbons (Fsp3) is 0.600. The summed E-state index contributed by atoms with van der Waals surface area (Å²) in [6, 6.07) is 0. The minimum atomic E-state index is 0.632. The van der Waals surface area contributed by atoms with Crippen LogP contribution in [0, 0.1) is 0 Å². The van der Waals surface area contributed by atoms with Crippen LogP contribution in [0.25, 0.3) is 0 Å². The third-order valence-electron chi connectivity index (χ3n) is 3.11. The van der Waals surface area contributed by atoms with E-state index in [1.165, 1.54) is 25.7 Å². The van der Waals surface area contributed by atoms with Gasteiger partial charge in [0.05, 0.1) is 4.75 Å². The first-order valence-corrected chi connectivity index (χ1v) is 5.35. The van der Waals surface area contributed by atoms with E-state index in [4.69, 9.17) is 0 Å². The summed E-state index contributed by atoms with van der Waals surface area (Å²) in [6.45, 7) is 0. The Morgan fingerprint density at radius 1 is 1.45 bits per heavy atom. The van der Waals surface area contributed by atoms with Crippen molar-refractivity contribution in [3.05, 3.63) is 23.8 Å². The van der Waals surface area contributed by atoms with Gasteiger partial charge in [-0.1, -0.05) is 30.2 Å². The summed E-state index contributed by atoms with van der Waals surface area (Å²) in [5, 5.41) is 0.864. The maximum Gasteiger partial charge on any atom is 0.0531 e. The molecule has 1 heterocycles. The van der Waals surface area contributed by atoms with Crippen LogP contribution in [-0.2, 0) is 0 Å². The Morgan fingerprint density at radius 2 is 2.45 bits per heavy atom. The molecule has 2 unspecified atom stereocenters. The first-order valence-electron chi connectivity index (χ1n) is 4.47. The molecule has 2 atom stereocenters. The van der Waals surface area contributed by atoms with Crippen LogP contribution in [0.5, 0.6) is 0 Å². The fourth-order valence-electron chi connectivity index (χ4n) is 2.42. The van der Waals surface area contributed by atoms with Gasteiger partial charge in [0.1, 0.15) is 0 Å². The summed E-state index contributed by atoms with van der Waals surface area (Å²) in [5.74, 6) is 0. The molecule has 11 heavy (non-hydrogen) atoms. The molecule has 1 heteroatoms. The van der Waals surface area contributed by atoms with E-state index in [2.05, 4.69) is 30.0 Å². The van der Waals surface area contributed by atoms with Gasteiger partial charge in [-0.15, -0.1) is 11.8 Å². The van der Waals surface area contributed by atoms with Crippen molar-refractivity contribution >= 4 is 11.8 Å². The van der Waals surface area contributed by atoms with E-state index < -0.39 is 0 Å². The predicted molar refractivity (Wildman–Crippen MR) is 49.8 cm³/mol. The molecule has 1 saturated carbocycles. The molecule has 2 fully saturated rings. The fourth-order valence-corrected chi connectivity index (χ4v) is 3.90. The minimum Gasteiger partial charge on any atom is -0.140 e. The van der Waals surface area contributed by atoms with Crippen LogP contribution in [0.2, 0.25) is 0 Å². The molecule has 0 amide bonds.